The van der Waals surface area contributed by atoms with E-state index in [1.807, 2.05) is 30.9 Å². The average molecular weight is 553 g/mol. The minimum Gasteiger partial charge on any atom is -0.434 e. The van der Waals surface area contributed by atoms with Gasteiger partial charge in [0.2, 0.25) is 11.9 Å². The molecule has 1 atom stereocenters. The minimum atomic E-state index is -2.96. The van der Waals surface area contributed by atoms with Gasteiger partial charge in [-0.1, -0.05) is 23.8 Å². The van der Waals surface area contributed by atoms with Crippen molar-refractivity contribution in [3.63, 3.8) is 0 Å². The van der Waals surface area contributed by atoms with E-state index in [0.29, 0.717) is 42.0 Å². The third kappa shape index (κ3) is 5.26. The van der Waals surface area contributed by atoms with Crippen molar-refractivity contribution in [2.45, 2.75) is 33.0 Å². The zero-order valence-corrected chi connectivity index (χ0v) is 22.4. The Labute approximate surface area is 229 Å². The predicted octanol–water partition coefficient (Wildman–Crippen LogP) is 2.78. The normalized spacial score (nSPS) is 15.7. The first-order valence-corrected chi connectivity index (χ1v) is 12.9. The quantitative estimate of drug-likeness (QED) is 0.376. The Morgan fingerprint density at radius 3 is 2.55 bits per heavy atom. The molecule has 40 heavy (non-hydrogen) atoms. The maximum atomic E-state index is 13.0. The molecule has 1 amide bonds. The highest BCUT2D eigenvalue weighted by molar-refractivity contribution is 5.84. The molecule has 0 spiro atoms. The molecule has 210 valence electrons. The first kappa shape index (κ1) is 27.3. The number of carbonyl (C=O) groups excluding carboxylic acids is 1. The van der Waals surface area contributed by atoms with Crippen LogP contribution < -0.4 is 15.2 Å². The summed E-state index contributed by atoms with van der Waals surface area (Å²) in [5.74, 6) is 0.305. The van der Waals surface area contributed by atoms with Crippen molar-refractivity contribution < 1.29 is 23.4 Å². The van der Waals surface area contributed by atoms with Gasteiger partial charge in [-0.05, 0) is 37.6 Å². The van der Waals surface area contributed by atoms with Gasteiger partial charge < -0.3 is 19.6 Å². The number of aromatic nitrogens is 4. The zero-order chi connectivity index (χ0) is 28.6. The fraction of sp³-hybridized carbons (Fsp3) is 0.357. The number of ether oxygens (including phenoxy) is 1. The largest absolute Gasteiger partial charge is 0.434 e. The zero-order valence-electron chi connectivity index (χ0n) is 22.4. The molecule has 0 aliphatic carbocycles. The third-order valence-corrected chi connectivity index (χ3v) is 7.25. The lowest BCUT2D eigenvalue weighted by Gasteiger charge is -2.39. The van der Waals surface area contributed by atoms with Gasteiger partial charge >= 0.3 is 6.61 Å². The number of nitrogens with zero attached hydrogens (tertiary/aromatic N) is 6. The Morgan fingerprint density at radius 2 is 1.88 bits per heavy atom. The van der Waals surface area contributed by atoms with Crippen molar-refractivity contribution in [3.8, 4) is 16.9 Å². The van der Waals surface area contributed by atoms with Gasteiger partial charge in [-0.3, -0.25) is 19.0 Å². The van der Waals surface area contributed by atoms with Crippen LogP contribution in [-0.2, 0) is 18.4 Å². The van der Waals surface area contributed by atoms with Gasteiger partial charge in [-0.25, -0.2) is 9.97 Å². The summed E-state index contributed by atoms with van der Waals surface area (Å²) in [5.41, 5.74) is 3.38. The first-order chi connectivity index (χ1) is 19.2. The number of carbonyl (C=O) groups is 1. The van der Waals surface area contributed by atoms with Crippen LogP contribution in [0.1, 0.15) is 18.1 Å². The second kappa shape index (κ2) is 11.0. The van der Waals surface area contributed by atoms with Gasteiger partial charge in [-0.2, -0.15) is 8.78 Å². The van der Waals surface area contributed by atoms with E-state index in [-0.39, 0.29) is 29.8 Å². The number of hydrogen-bond acceptors (Lipinski definition) is 7. The van der Waals surface area contributed by atoms with E-state index < -0.39 is 13.2 Å². The number of aliphatic hydroxyl groups is 1. The number of anilines is 1. The Balaban J connectivity index is 1.43. The Morgan fingerprint density at radius 1 is 1.12 bits per heavy atom. The topological polar surface area (TPSA) is 106 Å². The molecule has 3 heterocycles. The predicted molar refractivity (Wildman–Crippen MR) is 146 cm³/mol. The number of piperazine rings is 1. The van der Waals surface area contributed by atoms with E-state index in [1.54, 1.807) is 47.2 Å². The van der Waals surface area contributed by atoms with E-state index in [9.17, 15) is 23.5 Å². The highest BCUT2D eigenvalue weighted by Crippen LogP contribution is 2.27. The molecule has 0 unspecified atom stereocenters. The van der Waals surface area contributed by atoms with Crippen LogP contribution in [-0.4, -0.2) is 74.1 Å². The molecule has 2 aromatic heterocycles. The van der Waals surface area contributed by atoms with Crippen LogP contribution in [0.5, 0.6) is 5.75 Å². The summed E-state index contributed by atoms with van der Waals surface area (Å²) in [6, 6.07) is 10.3. The van der Waals surface area contributed by atoms with Crippen LogP contribution in [0.3, 0.4) is 0 Å². The molecule has 1 fully saturated rings. The average Bonchev–Trinajstić information content (AvgIpc) is 3.18. The minimum absolute atomic E-state index is 0.0610. The molecule has 1 aliphatic rings. The second-order valence-corrected chi connectivity index (χ2v) is 9.92. The van der Waals surface area contributed by atoms with Crippen molar-refractivity contribution in [3.05, 3.63) is 70.3 Å². The lowest BCUT2D eigenvalue weighted by Crippen LogP contribution is -2.55. The Kier molecular flexibility index (Phi) is 7.53. The van der Waals surface area contributed by atoms with E-state index in [2.05, 4.69) is 9.97 Å². The fourth-order valence-corrected chi connectivity index (χ4v) is 5.18. The summed E-state index contributed by atoms with van der Waals surface area (Å²) >= 11 is 0. The number of rotatable bonds is 7. The fourth-order valence-electron chi connectivity index (χ4n) is 5.18. The number of aliphatic hydroxyl groups excluding tert-OH is 1. The maximum absolute atomic E-state index is 13.0. The van der Waals surface area contributed by atoms with E-state index in [4.69, 9.17) is 4.74 Å². The van der Waals surface area contributed by atoms with Gasteiger partial charge in [0.25, 0.3) is 5.56 Å². The number of benzene rings is 2. The number of alkyl halides is 2. The molecule has 10 nitrogen and oxygen atoms in total. The summed E-state index contributed by atoms with van der Waals surface area (Å²) in [6.45, 7) is 2.03. The number of amides is 1. The molecule has 2 aromatic carbocycles. The van der Waals surface area contributed by atoms with Crippen LogP contribution in [0, 0.1) is 6.92 Å². The molecule has 5 rings (SSSR count). The lowest BCUT2D eigenvalue weighted by atomic mass is 10.1. The highest BCUT2D eigenvalue weighted by Gasteiger charge is 2.28. The van der Waals surface area contributed by atoms with Crippen LogP contribution in [0.2, 0.25) is 0 Å². The van der Waals surface area contributed by atoms with E-state index in [0.717, 1.165) is 16.7 Å². The number of fused-ring (bicyclic) bond motifs is 1. The molecule has 12 heteroatoms. The lowest BCUT2D eigenvalue weighted by molar-refractivity contribution is -0.136. The van der Waals surface area contributed by atoms with Crippen LogP contribution in [0.15, 0.2) is 53.6 Å². The monoisotopic (exact) mass is 552 g/mol. The molecular formula is C28H30F2N6O4. The van der Waals surface area contributed by atoms with E-state index in [1.165, 1.54) is 10.7 Å². The standard InChI is InChI=1S/C28H30F2N6O4/c1-17-4-7-24(40-27(29)30)20(10-17)15-36-23-11-19(5-6-22(23)26(39)33(36)3)21-12-31-28(32-13-21)34-8-9-35(18(2)14-34)25(38)16-37/h4-7,10-13,18,27,37H,8-9,14-16H2,1-3H3/t18-/m0/s1. The van der Waals surface area contributed by atoms with Crippen molar-refractivity contribution in [1.82, 2.24) is 24.2 Å². The Hall–Kier alpha value is -4.32. The summed E-state index contributed by atoms with van der Waals surface area (Å²) in [4.78, 5) is 37.6. The molecule has 0 bridgehead atoms. The van der Waals surface area contributed by atoms with Crippen molar-refractivity contribution in [2.75, 3.05) is 31.1 Å². The van der Waals surface area contributed by atoms with Gasteiger partial charge in [0, 0.05) is 56.2 Å². The van der Waals surface area contributed by atoms with Gasteiger partial charge in [-0.15, -0.1) is 0 Å². The molecule has 1 saturated heterocycles. The Bertz CT molecular complexity index is 1600. The maximum Gasteiger partial charge on any atom is 0.387 e. The molecule has 1 aliphatic heterocycles. The number of hydrogen-bond donors (Lipinski definition) is 1. The highest BCUT2D eigenvalue weighted by atomic mass is 19.3. The van der Waals surface area contributed by atoms with Crippen molar-refractivity contribution >= 4 is 22.8 Å². The van der Waals surface area contributed by atoms with Crippen LogP contribution in [0.4, 0.5) is 14.7 Å². The second-order valence-electron chi connectivity index (χ2n) is 9.92. The summed E-state index contributed by atoms with van der Waals surface area (Å²) in [6.07, 6.45) is 3.42. The van der Waals surface area contributed by atoms with E-state index >= 15 is 0 Å². The number of aryl methyl sites for hydroxylation is 1. The first-order valence-electron chi connectivity index (χ1n) is 12.9. The van der Waals surface area contributed by atoms with Gasteiger partial charge in [0.1, 0.15) is 12.4 Å². The molecule has 1 N–H and O–H groups in total. The van der Waals surface area contributed by atoms with Crippen LogP contribution in [0.25, 0.3) is 22.0 Å². The van der Waals surface area contributed by atoms with Crippen molar-refractivity contribution in [2.24, 2.45) is 7.05 Å². The molecule has 4 aromatic rings. The summed E-state index contributed by atoms with van der Waals surface area (Å²) in [5, 5.41) is 9.67. The van der Waals surface area contributed by atoms with Crippen molar-refractivity contribution in [1.29, 1.82) is 0 Å². The summed E-state index contributed by atoms with van der Waals surface area (Å²) in [7, 11) is 1.64. The van der Waals surface area contributed by atoms with Crippen LogP contribution >= 0.6 is 0 Å². The van der Waals surface area contributed by atoms with Gasteiger partial charge in [0.15, 0.2) is 0 Å². The number of halogens is 2. The molecular weight excluding hydrogens is 522 g/mol. The summed E-state index contributed by atoms with van der Waals surface area (Å²) < 4.78 is 34.0. The molecule has 0 saturated carbocycles. The third-order valence-electron chi connectivity index (χ3n) is 7.25. The molecule has 0 radical (unpaired) electrons. The van der Waals surface area contributed by atoms with Gasteiger partial charge in [0.05, 0.1) is 17.4 Å². The SMILES string of the molecule is Cc1ccc(OC(F)F)c(Cn2c3cc(-c4cnc(N5CCN(C(=O)CO)[C@@H](C)C5)nc4)ccc3c(=O)n2C)c1. The smallest absolute Gasteiger partial charge is 0.387 e.